The molecule has 0 fully saturated rings. The fraction of sp³-hybridized carbons (Fsp3) is 0.381. The van der Waals surface area contributed by atoms with E-state index >= 15 is 0 Å². The number of fused-ring (bicyclic) bond motifs is 1. The van der Waals surface area contributed by atoms with Crippen LogP contribution in [0.5, 0.6) is 17.2 Å². The molecule has 1 aliphatic heterocycles. The zero-order valence-corrected chi connectivity index (χ0v) is 16.7. The molecular weight excluding hydrogens is 366 g/mol. The van der Waals surface area contributed by atoms with Gasteiger partial charge in [-0.25, -0.2) is 0 Å². The van der Waals surface area contributed by atoms with Crippen LogP contribution >= 0.6 is 11.6 Å². The highest BCUT2D eigenvalue weighted by atomic mass is 35.5. The Kier molecular flexibility index (Phi) is 5.51. The molecule has 1 N–H and O–H groups in total. The predicted octanol–water partition coefficient (Wildman–Crippen LogP) is 4.53. The summed E-state index contributed by atoms with van der Waals surface area (Å²) in [5.41, 5.74) is 0.508. The largest absolute Gasteiger partial charge is 0.497 e. The molecular formula is C21H24ClNO4. The van der Waals surface area contributed by atoms with Crippen LogP contribution in [0.3, 0.4) is 0 Å². The molecule has 27 heavy (non-hydrogen) atoms. The number of hydrogen-bond acceptors (Lipinski definition) is 4. The van der Waals surface area contributed by atoms with Crippen LogP contribution in [0.25, 0.3) is 0 Å². The Hall–Kier alpha value is -2.40. The molecule has 0 spiro atoms. The number of nitrogens with one attached hydrogen (secondary N) is 1. The van der Waals surface area contributed by atoms with Crippen LogP contribution in [0.1, 0.15) is 38.8 Å². The third kappa shape index (κ3) is 4.66. The number of rotatable bonds is 5. The Morgan fingerprint density at radius 3 is 2.74 bits per heavy atom. The summed E-state index contributed by atoms with van der Waals surface area (Å²) in [6, 6.07) is 12.4. The lowest BCUT2D eigenvalue weighted by Gasteiger charge is -2.38. The molecule has 1 aliphatic rings. The lowest BCUT2D eigenvalue weighted by atomic mass is 9.89. The van der Waals surface area contributed by atoms with Crippen molar-refractivity contribution in [3.05, 3.63) is 53.1 Å². The number of halogens is 1. The fourth-order valence-corrected chi connectivity index (χ4v) is 3.36. The van der Waals surface area contributed by atoms with Crippen LogP contribution in [-0.4, -0.2) is 24.7 Å². The Bertz CT molecular complexity index is 837. The highest BCUT2D eigenvalue weighted by Gasteiger charge is 2.35. The van der Waals surface area contributed by atoms with Crippen molar-refractivity contribution in [2.75, 3.05) is 7.11 Å². The SMILES string of the molecule is COc1ccc2c(c1)[C@@H](NC(=O)[C@H](C)Oc1cccc(Cl)c1)CC(C)(C)O2. The second-order valence-corrected chi connectivity index (χ2v) is 7.68. The molecule has 6 heteroatoms. The molecule has 0 aromatic heterocycles. The summed E-state index contributed by atoms with van der Waals surface area (Å²) < 4.78 is 17.1. The fourth-order valence-electron chi connectivity index (χ4n) is 3.18. The minimum atomic E-state index is -0.663. The number of carbonyl (C=O) groups is 1. The third-order valence-electron chi connectivity index (χ3n) is 4.47. The first-order valence-electron chi connectivity index (χ1n) is 8.87. The maximum absolute atomic E-state index is 12.7. The minimum Gasteiger partial charge on any atom is -0.497 e. The third-order valence-corrected chi connectivity index (χ3v) is 4.70. The molecule has 144 valence electrons. The number of benzene rings is 2. The van der Waals surface area contributed by atoms with Gasteiger partial charge in [-0.05, 0) is 57.2 Å². The molecule has 0 radical (unpaired) electrons. The van der Waals surface area contributed by atoms with Gasteiger partial charge in [0.05, 0.1) is 13.2 Å². The quantitative estimate of drug-likeness (QED) is 0.815. The van der Waals surface area contributed by atoms with Crippen LogP contribution < -0.4 is 19.5 Å². The molecule has 0 saturated carbocycles. The van der Waals surface area contributed by atoms with Crippen LogP contribution in [0.15, 0.2) is 42.5 Å². The molecule has 1 heterocycles. The number of hydrogen-bond donors (Lipinski definition) is 1. The van der Waals surface area contributed by atoms with Crippen molar-refractivity contribution in [2.24, 2.45) is 0 Å². The van der Waals surface area contributed by atoms with Gasteiger partial charge < -0.3 is 19.5 Å². The Labute approximate surface area is 164 Å². The molecule has 2 aromatic rings. The molecule has 0 aliphatic carbocycles. The zero-order valence-electron chi connectivity index (χ0n) is 15.9. The molecule has 3 rings (SSSR count). The van der Waals surface area contributed by atoms with E-state index in [9.17, 15) is 4.79 Å². The predicted molar refractivity (Wildman–Crippen MR) is 105 cm³/mol. The lowest BCUT2D eigenvalue weighted by molar-refractivity contribution is -0.128. The Morgan fingerprint density at radius 1 is 1.26 bits per heavy atom. The van der Waals surface area contributed by atoms with E-state index in [1.54, 1.807) is 38.3 Å². The summed E-state index contributed by atoms with van der Waals surface area (Å²) >= 11 is 5.97. The highest BCUT2D eigenvalue weighted by Crippen LogP contribution is 2.41. The van der Waals surface area contributed by atoms with Crippen molar-refractivity contribution in [3.8, 4) is 17.2 Å². The van der Waals surface area contributed by atoms with Crippen LogP contribution in [-0.2, 0) is 4.79 Å². The highest BCUT2D eigenvalue weighted by molar-refractivity contribution is 6.30. The first kappa shape index (κ1) is 19.4. The van der Waals surface area contributed by atoms with Gasteiger partial charge in [-0.2, -0.15) is 0 Å². The van der Waals surface area contributed by atoms with Crippen molar-refractivity contribution in [3.63, 3.8) is 0 Å². The molecule has 2 aromatic carbocycles. The molecule has 5 nitrogen and oxygen atoms in total. The van der Waals surface area contributed by atoms with Gasteiger partial charge >= 0.3 is 0 Å². The molecule has 0 bridgehead atoms. The van der Waals surface area contributed by atoms with Crippen molar-refractivity contribution in [2.45, 2.75) is 44.9 Å². The van der Waals surface area contributed by atoms with E-state index in [1.807, 2.05) is 32.0 Å². The first-order valence-corrected chi connectivity index (χ1v) is 9.25. The molecule has 2 atom stereocenters. The summed E-state index contributed by atoms with van der Waals surface area (Å²) in [4.78, 5) is 12.7. The minimum absolute atomic E-state index is 0.197. The second-order valence-electron chi connectivity index (χ2n) is 7.25. The van der Waals surface area contributed by atoms with Gasteiger partial charge in [0.1, 0.15) is 22.8 Å². The number of amides is 1. The zero-order chi connectivity index (χ0) is 19.6. The van der Waals surface area contributed by atoms with Gasteiger partial charge in [0.25, 0.3) is 5.91 Å². The molecule has 0 saturated heterocycles. The average Bonchev–Trinajstić information content (AvgIpc) is 2.60. The van der Waals surface area contributed by atoms with Gasteiger partial charge in [-0.15, -0.1) is 0 Å². The normalized spacial score (nSPS) is 18.6. The second kappa shape index (κ2) is 7.69. The van der Waals surface area contributed by atoms with E-state index in [4.69, 9.17) is 25.8 Å². The van der Waals surface area contributed by atoms with Gasteiger partial charge in [-0.3, -0.25) is 4.79 Å². The average molecular weight is 390 g/mol. The van der Waals surface area contributed by atoms with Gasteiger partial charge in [0, 0.05) is 17.0 Å². The molecule has 0 unspecified atom stereocenters. The van der Waals surface area contributed by atoms with Gasteiger partial charge in [-0.1, -0.05) is 17.7 Å². The van der Waals surface area contributed by atoms with E-state index in [0.29, 0.717) is 17.2 Å². The summed E-state index contributed by atoms with van der Waals surface area (Å²) in [5.74, 6) is 1.83. The van der Waals surface area contributed by atoms with Crippen molar-refractivity contribution >= 4 is 17.5 Å². The number of carbonyl (C=O) groups excluding carboxylic acids is 1. The maximum atomic E-state index is 12.7. The van der Waals surface area contributed by atoms with E-state index in [0.717, 1.165) is 17.1 Å². The summed E-state index contributed by atoms with van der Waals surface area (Å²) in [5, 5.41) is 3.65. The number of methoxy groups -OCH3 is 1. The number of ether oxygens (including phenoxy) is 3. The smallest absolute Gasteiger partial charge is 0.261 e. The Balaban J connectivity index is 1.76. The van der Waals surface area contributed by atoms with Gasteiger partial charge in [0.2, 0.25) is 0 Å². The van der Waals surface area contributed by atoms with E-state index < -0.39 is 11.7 Å². The first-order chi connectivity index (χ1) is 12.8. The standard InChI is InChI=1S/C21H24ClNO4/c1-13(26-16-7-5-6-14(22)10-16)20(24)23-18-12-21(2,3)27-19-9-8-15(25-4)11-17(18)19/h5-11,13,18H,12H2,1-4H3,(H,23,24)/t13-,18-/m0/s1. The van der Waals surface area contributed by atoms with E-state index in [1.165, 1.54) is 0 Å². The van der Waals surface area contributed by atoms with Crippen molar-refractivity contribution in [1.82, 2.24) is 5.32 Å². The van der Waals surface area contributed by atoms with E-state index in [-0.39, 0.29) is 11.9 Å². The van der Waals surface area contributed by atoms with Crippen LogP contribution in [0, 0.1) is 0 Å². The Morgan fingerprint density at radius 2 is 2.04 bits per heavy atom. The lowest BCUT2D eigenvalue weighted by Crippen LogP contribution is -2.44. The van der Waals surface area contributed by atoms with Crippen LogP contribution in [0.2, 0.25) is 5.02 Å². The maximum Gasteiger partial charge on any atom is 0.261 e. The van der Waals surface area contributed by atoms with Crippen molar-refractivity contribution in [1.29, 1.82) is 0 Å². The van der Waals surface area contributed by atoms with E-state index in [2.05, 4.69) is 5.32 Å². The summed E-state index contributed by atoms with van der Waals surface area (Å²) in [6.07, 6.45) is -0.0218. The van der Waals surface area contributed by atoms with Gasteiger partial charge in [0.15, 0.2) is 6.10 Å². The van der Waals surface area contributed by atoms with Crippen LogP contribution in [0.4, 0.5) is 0 Å². The topological polar surface area (TPSA) is 56.8 Å². The summed E-state index contributed by atoms with van der Waals surface area (Å²) in [6.45, 7) is 5.73. The summed E-state index contributed by atoms with van der Waals surface area (Å²) in [7, 11) is 1.61. The monoisotopic (exact) mass is 389 g/mol. The molecule has 1 amide bonds. The van der Waals surface area contributed by atoms with Crippen molar-refractivity contribution < 1.29 is 19.0 Å².